The molecule has 0 aliphatic heterocycles. The highest BCUT2D eigenvalue weighted by atomic mass is 35.5. The van der Waals surface area contributed by atoms with Crippen molar-refractivity contribution >= 4 is 28.6 Å². The normalized spacial score (nSPS) is 12.4. The largest absolute Gasteiger partial charge is 0.481 e. The first-order valence-electron chi connectivity index (χ1n) is 8.63. The number of aromatic nitrogens is 2. The molecule has 0 radical (unpaired) electrons. The fourth-order valence-electron chi connectivity index (χ4n) is 3.08. The lowest BCUT2D eigenvalue weighted by Crippen LogP contribution is -2.32. The number of carbonyl (C=O) groups is 1. The second-order valence-electron chi connectivity index (χ2n) is 6.42. The fourth-order valence-corrected chi connectivity index (χ4v) is 3.25. The minimum atomic E-state index is -0.776. The van der Waals surface area contributed by atoms with E-state index in [-0.39, 0.29) is 12.5 Å². The van der Waals surface area contributed by atoms with Crippen molar-refractivity contribution in [1.82, 2.24) is 14.9 Å². The summed E-state index contributed by atoms with van der Waals surface area (Å²) < 4.78 is 2.02. The van der Waals surface area contributed by atoms with Gasteiger partial charge in [-0.1, -0.05) is 41.9 Å². The van der Waals surface area contributed by atoms with Gasteiger partial charge < -0.3 is 15.0 Å². The first kappa shape index (κ1) is 18.4. The van der Waals surface area contributed by atoms with E-state index < -0.39 is 5.97 Å². The third kappa shape index (κ3) is 4.62. The Kier molecular flexibility index (Phi) is 5.91. The Bertz CT molecular complexity index is 893. The highest BCUT2D eigenvalue weighted by Gasteiger charge is 2.14. The van der Waals surface area contributed by atoms with Gasteiger partial charge in [-0.3, -0.25) is 4.79 Å². The Morgan fingerprint density at radius 3 is 2.77 bits per heavy atom. The molecule has 1 aromatic heterocycles. The number of carboxylic acid groups (broad SMARTS) is 1. The number of nitrogens with zero attached hydrogens (tertiary/aromatic N) is 2. The monoisotopic (exact) mass is 371 g/mol. The van der Waals surface area contributed by atoms with E-state index in [1.54, 1.807) is 0 Å². The van der Waals surface area contributed by atoms with E-state index in [2.05, 4.69) is 22.4 Å². The van der Waals surface area contributed by atoms with Crippen LogP contribution in [-0.2, 0) is 24.8 Å². The maximum absolute atomic E-state index is 11.0. The summed E-state index contributed by atoms with van der Waals surface area (Å²) in [4.78, 5) is 15.6. The maximum atomic E-state index is 11.0. The number of imidazole rings is 1. The zero-order valence-electron chi connectivity index (χ0n) is 14.7. The van der Waals surface area contributed by atoms with Crippen molar-refractivity contribution in [3.63, 3.8) is 0 Å². The molecule has 1 atom stereocenters. The molecule has 1 heterocycles. The molecular weight excluding hydrogens is 350 g/mol. The van der Waals surface area contributed by atoms with Crippen molar-refractivity contribution in [2.75, 3.05) is 0 Å². The number of aliphatic carboxylic acids is 1. The van der Waals surface area contributed by atoms with Gasteiger partial charge in [0.2, 0.25) is 0 Å². The Labute approximate surface area is 157 Å². The summed E-state index contributed by atoms with van der Waals surface area (Å²) in [6.07, 6.45) is 1.49. The Morgan fingerprint density at radius 1 is 1.27 bits per heavy atom. The number of benzene rings is 2. The topological polar surface area (TPSA) is 67.2 Å². The van der Waals surface area contributed by atoms with Crippen LogP contribution >= 0.6 is 11.6 Å². The number of nitrogens with one attached hydrogen (secondary N) is 1. The second-order valence-corrected chi connectivity index (χ2v) is 6.86. The number of hydrogen-bond acceptors (Lipinski definition) is 3. The van der Waals surface area contributed by atoms with Gasteiger partial charge in [-0.05, 0) is 36.6 Å². The van der Waals surface area contributed by atoms with Gasteiger partial charge in [0, 0.05) is 24.5 Å². The maximum Gasteiger partial charge on any atom is 0.303 e. The zero-order valence-corrected chi connectivity index (χ0v) is 15.4. The first-order valence-corrected chi connectivity index (χ1v) is 9.00. The smallest absolute Gasteiger partial charge is 0.303 e. The predicted octanol–water partition coefficient (Wildman–Crippen LogP) is 3.79. The SMILES string of the molecule is Cn1c(CNC(CCC(=O)O)Cc2ccccc2)nc2ccc(Cl)cc21. The Hall–Kier alpha value is -2.37. The molecule has 0 bridgehead atoms. The molecule has 1 unspecified atom stereocenters. The number of hydrogen-bond donors (Lipinski definition) is 2. The summed E-state index contributed by atoms with van der Waals surface area (Å²) in [7, 11) is 1.96. The van der Waals surface area contributed by atoms with E-state index >= 15 is 0 Å². The molecule has 2 aromatic carbocycles. The number of rotatable bonds is 8. The third-order valence-corrected chi connectivity index (χ3v) is 4.75. The van der Waals surface area contributed by atoms with Gasteiger partial charge in [-0.2, -0.15) is 0 Å². The van der Waals surface area contributed by atoms with Crippen LogP contribution in [0, 0.1) is 0 Å². The lowest BCUT2D eigenvalue weighted by Gasteiger charge is -2.18. The van der Waals surface area contributed by atoms with Crippen LogP contribution in [0.1, 0.15) is 24.2 Å². The standard InChI is InChI=1S/C20H22ClN3O2/c1-24-18-12-15(21)7-9-17(18)23-19(24)13-22-16(8-10-20(25)26)11-14-5-3-2-4-6-14/h2-7,9,12,16,22H,8,10-11,13H2,1H3,(H,25,26). The summed E-state index contributed by atoms with van der Waals surface area (Å²) in [5.74, 6) is 0.123. The minimum Gasteiger partial charge on any atom is -0.481 e. The summed E-state index contributed by atoms with van der Waals surface area (Å²) in [5, 5.41) is 13.2. The summed E-state index contributed by atoms with van der Waals surface area (Å²) in [6, 6.07) is 15.8. The molecule has 0 aliphatic rings. The number of carboxylic acids is 1. The third-order valence-electron chi connectivity index (χ3n) is 4.52. The summed E-state index contributed by atoms with van der Waals surface area (Å²) >= 11 is 6.08. The van der Waals surface area contributed by atoms with E-state index in [1.165, 1.54) is 5.56 Å². The highest BCUT2D eigenvalue weighted by molar-refractivity contribution is 6.31. The molecule has 0 saturated carbocycles. The predicted molar refractivity (Wildman–Crippen MR) is 103 cm³/mol. The molecule has 0 amide bonds. The lowest BCUT2D eigenvalue weighted by atomic mass is 10.0. The van der Waals surface area contributed by atoms with E-state index in [4.69, 9.17) is 16.7 Å². The van der Waals surface area contributed by atoms with Crippen LogP contribution in [0.5, 0.6) is 0 Å². The Morgan fingerprint density at radius 2 is 2.04 bits per heavy atom. The Balaban J connectivity index is 1.72. The fraction of sp³-hybridized carbons (Fsp3) is 0.300. The van der Waals surface area contributed by atoms with Gasteiger partial charge in [-0.25, -0.2) is 4.98 Å². The van der Waals surface area contributed by atoms with Crippen molar-refractivity contribution in [3.05, 3.63) is 64.9 Å². The molecule has 2 N–H and O–H groups in total. The summed E-state index contributed by atoms with van der Waals surface area (Å²) in [6.45, 7) is 0.569. The van der Waals surface area contributed by atoms with E-state index in [1.807, 2.05) is 48.0 Å². The van der Waals surface area contributed by atoms with Crippen LogP contribution in [0.15, 0.2) is 48.5 Å². The molecule has 26 heavy (non-hydrogen) atoms. The van der Waals surface area contributed by atoms with Gasteiger partial charge in [0.15, 0.2) is 0 Å². The van der Waals surface area contributed by atoms with Crippen molar-refractivity contribution in [2.45, 2.75) is 31.8 Å². The van der Waals surface area contributed by atoms with Crippen LogP contribution in [-0.4, -0.2) is 26.7 Å². The molecule has 136 valence electrons. The average Bonchev–Trinajstić information content (AvgIpc) is 2.94. The van der Waals surface area contributed by atoms with Crippen molar-refractivity contribution < 1.29 is 9.90 Å². The van der Waals surface area contributed by atoms with Crippen LogP contribution in [0.3, 0.4) is 0 Å². The van der Waals surface area contributed by atoms with Crippen LogP contribution in [0.2, 0.25) is 5.02 Å². The van der Waals surface area contributed by atoms with Crippen LogP contribution in [0.4, 0.5) is 0 Å². The molecule has 3 rings (SSSR count). The molecule has 6 heteroatoms. The van der Waals surface area contributed by atoms with E-state index in [0.29, 0.717) is 18.0 Å². The first-order chi connectivity index (χ1) is 12.5. The molecule has 5 nitrogen and oxygen atoms in total. The lowest BCUT2D eigenvalue weighted by molar-refractivity contribution is -0.137. The van der Waals surface area contributed by atoms with Crippen molar-refractivity contribution in [2.24, 2.45) is 7.05 Å². The number of fused-ring (bicyclic) bond motifs is 1. The summed E-state index contributed by atoms with van der Waals surface area (Å²) in [5.41, 5.74) is 3.07. The highest BCUT2D eigenvalue weighted by Crippen LogP contribution is 2.20. The van der Waals surface area contributed by atoms with Gasteiger partial charge in [0.1, 0.15) is 5.82 Å². The second kappa shape index (κ2) is 8.34. The minimum absolute atomic E-state index is 0.0666. The number of aryl methyl sites for hydroxylation is 1. The van der Waals surface area contributed by atoms with Gasteiger partial charge in [-0.15, -0.1) is 0 Å². The van der Waals surface area contributed by atoms with Crippen LogP contribution < -0.4 is 5.32 Å². The van der Waals surface area contributed by atoms with Gasteiger partial charge >= 0.3 is 5.97 Å². The molecular formula is C20H22ClN3O2. The van der Waals surface area contributed by atoms with Crippen molar-refractivity contribution in [3.8, 4) is 0 Å². The quantitative estimate of drug-likeness (QED) is 0.632. The zero-order chi connectivity index (χ0) is 18.5. The van der Waals surface area contributed by atoms with Gasteiger partial charge in [0.25, 0.3) is 0 Å². The van der Waals surface area contributed by atoms with Crippen LogP contribution in [0.25, 0.3) is 11.0 Å². The molecule has 0 spiro atoms. The van der Waals surface area contributed by atoms with E-state index in [9.17, 15) is 4.79 Å². The average molecular weight is 372 g/mol. The van der Waals surface area contributed by atoms with E-state index in [0.717, 1.165) is 23.3 Å². The molecule has 0 aliphatic carbocycles. The van der Waals surface area contributed by atoms with Gasteiger partial charge in [0.05, 0.1) is 17.6 Å². The molecule has 0 fully saturated rings. The number of halogens is 1. The molecule has 0 saturated heterocycles. The van der Waals surface area contributed by atoms with Crippen molar-refractivity contribution in [1.29, 1.82) is 0 Å². The molecule has 3 aromatic rings.